The minimum atomic E-state index is 0.486. The van der Waals surface area contributed by atoms with Crippen LogP contribution in [-0.4, -0.2) is 42.7 Å². The summed E-state index contributed by atoms with van der Waals surface area (Å²) in [4.78, 5) is 9.24. The first kappa shape index (κ1) is 22.5. The Morgan fingerprint density at radius 2 is 1.80 bits per heavy atom. The van der Waals surface area contributed by atoms with E-state index in [4.69, 9.17) is 19.6 Å². The minimum absolute atomic E-state index is 0.486. The SMILES string of the molecule is CCOCCn1nc(-c2ccnc(Oc3ccccc3)c2)nc1-c1ccc(-n2cccn2)c(C)c1. The highest BCUT2D eigenvalue weighted by molar-refractivity contribution is 5.64. The molecule has 0 N–H and O–H groups in total. The zero-order valence-corrected chi connectivity index (χ0v) is 19.7. The highest BCUT2D eigenvalue weighted by atomic mass is 16.5. The van der Waals surface area contributed by atoms with Crippen molar-refractivity contribution in [3.63, 3.8) is 0 Å². The fraction of sp³-hybridized carbons (Fsp3) is 0.185. The molecule has 0 saturated heterocycles. The topological polar surface area (TPSA) is 79.9 Å². The van der Waals surface area contributed by atoms with Crippen molar-refractivity contribution in [2.45, 2.75) is 20.4 Å². The van der Waals surface area contributed by atoms with Gasteiger partial charge in [-0.3, -0.25) is 0 Å². The van der Waals surface area contributed by atoms with Gasteiger partial charge in [0.25, 0.3) is 0 Å². The predicted molar refractivity (Wildman–Crippen MR) is 134 cm³/mol. The summed E-state index contributed by atoms with van der Waals surface area (Å²) in [6.07, 6.45) is 5.41. The first-order valence-corrected chi connectivity index (χ1v) is 11.5. The van der Waals surface area contributed by atoms with E-state index in [9.17, 15) is 0 Å². The first-order valence-electron chi connectivity index (χ1n) is 11.5. The van der Waals surface area contributed by atoms with Gasteiger partial charge in [-0.05, 0) is 61.9 Å². The second-order valence-electron chi connectivity index (χ2n) is 7.93. The normalized spacial score (nSPS) is 11.0. The van der Waals surface area contributed by atoms with Gasteiger partial charge in [0.05, 0.1) is 18.8 Å². The summed E-state index contributed by atoms with van der Waals surface area (Å²) in [5, 5.41) is 9.15. The molecule has 0 fully saturated rings. The molecule has 0 amide bonds. The standard InChI is InChI=1S/C27H26N6O2/c1-3-34-17-16-33-27(22-10-11-24(20(2)18-22)32-15-7-13-29-32)30-26(31-33)21-12-14-28-25(19-21)35-23-8-5-4-6-9-23/h4-15,18-19H,3,16-17H2,1-2H3. The Morgan fingerprint density at radius 3 is 2.57 bits per heavy atom. The third kappa shape index (κ3) is 5.12. The van der Waals surface area contributed by atoms with Crippen LogP contribution >= 0.6 is 0 Å². The van der Waals surface area contributed by atoms with Crippen LogP contribution < -0.4 is 4.74 Å². The smallest absolute Gasteiger partial charge is 0.219 e. The molecule has 5 aromatic rings. The molecule has 0 spiro atoms. The largest absolute Gasteiger partial charge is 0.439 e. The van der Waals surface area contributed by atoms with Crippen molar-refractivity contribution >= 4 is 0 Å². The lowest BCUT2D eigenvalue weighted by Crippen LogP contribution is -2.09. The molecule has 0 unspecified atom stereocenters. The van der Waals surface area contributed by atoms with Crippen LogP contribution in [-0.2, 0) is 11.3 Å². The lowest BCUT2D eigenvalue weighted by atomic mass is 10.1. The third-order valence-corrected chi connectivity index (χ3v) is 5.49. The number of aromatic nitrogens is 6. The Bertz CT molecular complexity index is 1400. The van der Waals surface area contributed by atoms with E-state index in [1.54, 1.807) is 12.4 Å². The summed E-state index contributed by atoms with van der Waals surface area (Å²) in [6, 6.07) is 21.4. The molecule has 176 valence electrons. The number of nitrogens with zero attached hydrogens (tertiary/aromatic N) is 6. The lowest BCUT2D eigenvalue weighted by molar-refractivity contribution is 0.136. The van der Waals surface area contributed by atoms with E-state index < -0.39 is 0 Å². The molecule has 5 rings (SSSR count). The van der Waals surface area contributed by atoms with Gasteiger partial charge >= 0.3 is 0 Å². The molecule has 0 aliphatic rings. The summed E-state index contributed by atoms with van der Waals surface area (Å²) in [7, 11) is 0. The molecule has 0 saturated carbocycles. The van der Waals surface area contributed by atoms with E-state index in [1.165, 1.54) is 0 Å². The molecular weight excluding hydrogens is 440 g/mol. The molecule has 3 heterocycles. The van der Waals surface area contributed by atoms with E-state index >= 15 is 0 Å². The molecule has 0 aliphatic heterocycles. The Kier molecular flexibility index (Phi) is 6.63. The van der Waals surface area contributed by atoms with E-state index in [2.05, 4.69) is 29.1 Å². The second-order valence-corrected chi connectivity index (χ2v) is 7.93. The molecule has 0 aliphatic carbocycles. The molecule has 3 aromatic heterocycles. The Morgan fingerprint density at radius 1 is 0.914 bits per heavy atom. The Labute approximate surface area is 203 Å². The number of rotatable bonds is 9. The van der Waals surface area contributed by atoms with Gasteiger partial charge in [0.2, 0.25) is 5.88 Å². The van der Waals surface area contributed by atoms with Crippen molar-refractivity contribution < 1.29 is 9.47 Å². The maximum absolute atomic E-state index is 5.90. The van der Waals surface area contributed by atoms with Crippen molar-refractivity contribution in [3.8, 4) is 40.1 Å². The van der Waals surface area contributed by atoms with E-state index in [0.717, 1.165) is 34.0 Å². The van der Waals surface area contributed by atoms with Crippen LogP contribution in [0.2, 0.25) is 0 Å². The molecular formula is C27H26N6O2. The highest BCUT2D eigenvalue weighted by Gasteiger charge is 2.16. The molecule has 0 atom stereocenters. The van der Waals surface area contributed by atoms with Gasteiger partial charge in [0, 0.05) is 42.4 Å². The van der Waals surface area contributed by atoms with Crippen molar-refractivity contribution in [1.82, 2.24) is 29.5 Å². The van der Waals surface area contributed by atoms with Gasteiger partial charge in [-0.2, -0.15) is 10.2 Å². The Balaban J connectivity index is 1.48. The summed E-state index contributed by atoms with van der Waals surface area (Å²) < 4.78 is 15.2. The maximum atomic E-state index is 5.90. The highest BCUT2D eigenvalue weighted by Crippen LogP contribution is 2.28. The number of benzene rings is 2. The average Bonchev–Trinajstić information content (AvgIpc) is 3.56. The summed E-state index contributed by atoms with van der Waals surface area (Å²) in [6.45, 7) is 5.84. The van der Waals surface area contributed by atoms with Crippen LogP contribution in [0, 0.1) is 6.92 Å². The van der Waals surface area contributed by atoms with Crippen molar-refractivity contribution in [2.75, 3.05) is 13.2 Å². The van der Waals surface area contributed by atoms with E-state index in [0.29, 0.717) is 31.5 Å². The maximum Gasteiger partial charge on any atom is 0.219 e. The lowest BCUT2D eigenvalue weighted by Gasteiger charge is -2.10. The van der Waals surface area contributed by atoms with Gasteiger partial charge < -0.3 is 9.47 Å². The van der Waals surface area contributed by atoms with Gasteiger partial charge in [-0.15, -0.1) is 0 Å². The molecule has 2 aromatic carbocycles. The monoisotopic (exact) mass is 466 g/mol. The molecule has 8 heteroatoms. The van der Waals surface area contributed by atoms with Gasteiger partial charge in [0.1, 0.15) is 5.75 Å². The summed E-state index contributed by atoms with van der Waals surface area (Å²) in [5.41, 5.74) is 3.92. The number of aryl methyl sites for hydroxylation is 1. The van der Waals surface area contributed by atoms with Gasteiger partial charge in [-0.1, -0.05) is 18.2 Å². The van der Waals surface area contributed by atoms with Gasteiger partial charge in [-0.25, -0.2) is 19.3 Å². The van der Waals surface area contributed by atoms with E-state index in [1.807, 2.05) is 77.1 Å². The van der Waals surface area contributed by atoms with Crippen molar-refractivity contribution in [1.29, 1.82) is 0 Å². The fourth-order valence-corrected chi connectivity index (χ4v) is 3.81. The zero-order chi connectivity index (χ0) is 24.0. The number of pyridine rings is 1. The van der Waals surface area contributed by atoms with Crippen LogP contribution in [0.15, 0.2) is 85.3 Å². The predicted octanol–water partition coefficient (Wildman–Crippen LogP) is 5.33. The average molecular weight is 467 g/mol. The van der Waals surface area contributed by atoms with Crippen molar-refractivity contribution in [2.24, 2.45) is 0 Å². The van der Waals surface area contributed by atoms with Crippen LogP contribution in [0.4, 0.5) is 0 Å². The second kappa shape index (κ2) is 10.3. The zero-order valence-electron chi connectivity index (χ0n) is 19.7. The molecule has 0 bridgehead atoms. The minimum Gasteiger partial charge on any atom is -0.439 e. The molecule has 8 nitrogen and oxygen atoms in total. The fourth-order valence-electron chi connectivity index (χ4n) is 3.81. The quantitative estimate of drug-likeness (QED) is 0.273. The van der Waals surface area contributed by atoms with Gasteiger partial charge in [0.15, 0.2) is 11.6 Å². The van der Waals surface area contributed by atoms with Crippen LogP contribution in [0.3, 0.4) is 0 Å². The number of para-hydroxylation sites is 1. The molecule has 0 radical (unpaired) electrons. The summed E-state index contributed by atoms with van der Waals surface area (Å²) >= 11 is 0. The van der Waals surface area contributed by atoms with E-state index in [-0.39, 0.29) is 0 Å². The first-order chi connectivity index (χ1) is 17.2. The van der Waals surface area contributed by atoms with Crippen LogP contribution in [0.1, 0.15) is 12.5 Å². The van der Waals surface area contributed by atoms with Crippen molar-refractivity contribution in [3.05, 3.63) is 90.9 Å². The number of hydrogen-bond donors (Lipinski definition) is 0. The van der Waals surface area contributed by atoms with Crippen LogP contribution in [0.5, 0.6) is 11.6 Å². The number of hydrogen-bond acceptors (Lipinski definition) is 6. The Hall–Kier alpha value is -4.30. The summed E-state index contributed by atoms with van der Waals surface area (Å²) in [5.74, 6) is 2.59. The number of ether oxygens (including phenoxy) is 2. The van der Waals surface area contributed by atoms with Crippen LogP contribution in [0.25, 0.3) is 28.5 Å². The molecule has 35 heavy (non-hydrogen) atoms. The third-order valence-electron chi connectivity index (χ3n) is 5.49.